The van der Waals surface area contributed by atoms with Crippen molar-refractivity contribution in [1.82, 2.24) is 0 Å². The van der Waals surface area contributed by atoms with Crippen LogP contribution in [0.2, 0.25) is 0 Å². The first kappa shape index (κ1) is 18.0. The van der Waals surface area contributed by atoms with Crippen molar-refractivity contribution in [3.8, 4) is 0 Å². The molecule has 0 aromatic rings. The van der Waals surface area contributed by atoms with Crippen LogP contribution in [0.5, 0.6) is 0 Å². The lowest BCUT2D eigenvalue weighted by Crippen LogP contribution is -1.83. The van der Waals surface area contributed by atoms with E-state index in [1.165, 1.54) is 89.9 Å². The van der Waals surface area contributed by atoms with E-state index in [-0.39, 0.29) is 0 Å². The van der Waals surface area contributed by atoms with Crippen molar-refractivity contribution in [1.29, 1.82) is 0 Å². The van der Waals surface area contributed by atoms with Crippen LogP contribution in [-0.2, 0) is 0 Å². The third-order valence-corrected chi connectivity index (χ3v) is 3.67. The van der Waals surface area contributed by atoms with Crippen molar-refractivity contribution < 1.29 is 0 Å². The summed E-state index contributed by atoms with van der Waals surface area (Å²) in [4.78, 5) is 0. The van der Waals surface area contributed by atoms with Crippen LogP contribution in [0.1, 0.15) is 103 Å². The van der Waals surface area contributed by atoms with Gasteiger partial charge in [-0.05, 0) is 6.42 Å². The lowest BCUT2D eigenvalue weighted by atomic mass is 10.0. The molecule has 2 radical (unpaired) electrons. The largest absolute Gasteiger partial charge is 0.0654 e. The third kappa shape index (κ3) is 16.0. The molecule has 0 heterocycles. The monoisotopic (exact) mass is 252 g/mol. The summed E-state index contributed by atoms with van der Waals surface area (Å²) < 4.78 is 0. The highest BCUT2D eigenvalue weighted by atomic mass is 14.0. The van der Waals surface area contributed by atoms with Crippen LogP contribution in [-0.4, -0.2) is 0 Å². The second-order valence-electron chi connectivity index (χ2n) is 5.61. The van der Waals surface area contributed by atoms with Crippen LogP contribution >= 0.6 is 0 Å². The smallest absolute Gasteiger partial charge is 0.0386 e. The summed E-state index contributed by atoms with van der Waals surface area (Å²) in [5.74, 6) is 0. The number of rotatable bonds is 15. The van der Waals surface area contributed by atoms with Crippen molar-refractivity contribution >= 4 is 0 Å². The highest BCUT2D eigenvalue weighted by molar-refractivity contribution is 4.64. The Kier molecular flexibility index (Phi) is 17.0. The number of hydrogen-bond acceptors (Lipinski definition) is 0. The Hall–Kier alpha value is 0. The van der Waals surface area contributed by atoms with Gasteiger partial charge in [-0.2, -0.15) is 0 Å². The molecule has 0 unspecified atom stereocenters. The minimum Gasteiger partial charge on any atom is -0.0654 e. The fourth-order valence-electron chi connectivity index (χ4n) is 2.39. The molecule has 0 heteroatoms. The molecule has 0 saturated heterocycles. The minimum absolute atomic E-state index is 1.11. The molecule has 0 aliphatic heterocycles. The molecule has 0 N–H and O–H groups in total. The summed E-state index contributed by atoms with van der Waals surface area (Å²) in [7, 11) is 0. The van der Waals surface area contributed by atoms with Gasteiger partial charge in [-0.25, -0.2) is 0 Å². The van der Waals surface area contributed by atoms with E-state index in [0.29, 0.717) is 0 Å². The van der Waals surface area contributed by atoms with E-state index < -0.39 is 0 Å². The van der Waals surface area contributed by atoms with Gasteiger partial charge in [-0.1, -0.05) is 110 Å². The van der Waals surface area contributed by atoms with E-state index in [9.17, 15) is 0 Å². The fraction of sp³-hybridized carbons (Fsp3) is 0.889. The Labute approximate surface area is 117 Å². The second-order valence-corrected chi connectivity index (χ2v) is 5.61. The first-order valence-corrected chi connectivity index (χ1v) is 8.52. The van der Waals surface area contributed by atoms with E-state index in [1.54, 1.807) is 0 Å². The summed E-state index contributed by atoms with van der Waals surface area (Å²) in [6.07, 6.45) is 23.3. The molecule has 0 atom stereocenters. The molecule has 0 aromatic heterocycles. The average Bonchev–Trinajstić information content (AvgIpc) is 2.39. The highest BCUT2D eigenvalue weighted by Crippen LogP contribution is 2.12. The summed E-state index contributed by atoms with van der Waals surface area (Å²) in [5.41, 5.74) is 0. The zero-order chi connectivity index (χ0) is 13.3. The van der Waals surface area contributed by atoms with Gasteiger partial charge >= 0.3 is 0 Å². The first-order valence-electron chi connectivity index (χ1n) is 8.52. The van der Waals surface area contributed by atoms with Gasteiger partial charge < -0.3 is 0 Å². The van der Waals surface area contributed by atoms with E-state index in [4.69, 9.17) is 0 Å². The van der Waals surface area contributed by atoms with Gasteiger partial charge in [0.05, 0.1) is 0 Å². The topological polar surface area (TPSA) is 0 Å². The lowest BCUT2D eigenvalue weighted by Gasteiger charge is -2.02. The zero-order valence-electron chi connectivity index (χ0n) is 12.9. The molecule has 0 amide bonds. The van der Waals surface area contributed by atoms with Gasteiger partial charge in [0.1, 0.15) is 0 Å². The van der Waals surface area contributed by atoms with E-state index in [2.05, 4.69) is 20.3 Å². The normalized spacial score (nSPS) is 11.0. The maximum Gasteiger partial charge on any atom is -0.0386 e. The zero-order valence-corrected chi connectivity index (χ0v) is 12.9. The predicted molar refractivity (Wildman–Crippen MR) is 84.6 cm³/mol. The van der Waals surface area contributed by atoms with Gasteiger partial charge in [0, 0.05) is 0 Å². The SMILES string of the molecule is [CH2]CCCCCC[CH]CCCCCCCCCC. The molecule has 0 aliphatic carbocycles. The van der Waals surface area contributed by atoms with Crippen LogP contribution < -0.4 is 0 Å². The summed E-state index contributed by atoms with van der Waals surface area (Å²) in [5, 5.41) is 0. The van der Waals surface area contributed by atoms with E-state index in [0.717, 1.165) is 6.42 Å². The molecular formula is C18H36. The van der Waals surface area contributed by atoms with Crippen molar-refractivity contribution in [2.75, 3.05) is 0 Å². The Bertz CT molecular complexity index is 112. The number of hydrogen-bond donors (Lipinski definition) is 0. The Balaban J connectivity index is 2.86. The maximum absolute atomic E-state index is 3.88. The maximum atomic E-state index is 3.88. The van der Waals surface area contributed by atoms with Crippen molar-refractivity contribution in [3.63, 3.8) is 0 Å². The Morgan fingerprint density at radius 1 is 0.611 bits per heavy atom. The van der Waals surface area contributed by atoms with Crippen LogP contribution in [0.25, 0.3) is 0 Å². The van der Waals surface area contributed by atoms with Gasteiger partial charge in [0.2, 0.25) is 0 Å². The van der Waals surface area contributed by atoms with Gasteiger partial charge in [-0.3, -0.25) is 0 Å². The highest BCUT2D eigenvalue weighted by Gasteiger charge is 1.93. The second kappa shape index (κ2) is 17.0. The molecule has 0 bridgehead atoms. The molecule has 18 heavy (non-hydrogen) atoms. The predicted octanol–water partition coefficient (Wildman–Crippen LogP) is 6.90. The molecule has 0 aliphatic rings. The standard InChI is InChI=1S/C18H36/c1-3-5-7-9-11-13-15-17-18-16-14-12-10-8-6-4-2/h15H,1,3-14,16-18H2,2H3. The Morgan fingerprint density at radius 3 is 1.56 bits per heavy atom. The van der Waals surface area contributed by atoms with Gasteiger partial charge in [-0.15, -0.1) is 0 Å². The Morgan fingerprint density at radius 2 is 1.06 bits per heavy atom. The number of unbranched alkanes of at least 4 members (excludes halogenated alkanes) is 15. The first-order chi connectivity index (χ1) is 8.91. The van der Waals surface area contributed by atoms with E-state index >= 15 is 0 Å². The molecule has 0 nitrogen and oxygen atoms in total. The molecule has 108 valence electrons. The quantitative estimate of drug-likeness (QED) is 0.278. The van der Waals surface area contributed by atoms with Crippen molar-refractivity contribution in [2.24, 2.45) is 0 Å². The molecule has 0 aromatic carbocycles. The molecule has 0 saturated carbocycles. The molecule has 0 rings (SSSR count). The van der Waals surface area contributed by atoms with E-state index in [1.807, 2.05) is 0 Å². The molecule has 0 fully saturated rings. The minimum atomic E-state index is 1.11. The molecular weight excluding hydrogens is 216 g/mol. The van der Waals surface area contributed by atoms with Gasteiger partial charge in [0.15, 0.2) is 0 Å². The fourth-order valence-corrected chi connectivity index (χ4v) is 2.39. The van der Waals surface area contributed by atoms with Crippen LogP contribution in [0.3, 0.4) is 0 Å². The summed E-state index contributed by atoms with van der Waals surface area (Å²) in [6, 6.07) is 0. The third-order valence-electron chi connectivity index (χ3n) is 3.67. The van der Waals surface area contributed by atoms with Crippen molar-refractivity contribution in [2.45, 2.75) is 103 Å². The van der Waals surface area contributed by atoms with Crippen LogP contribution in [0.4, 0.5) is 0 Å². The van der Waals surface area contributed by atoms with Crippen molar-refractivity contribution in [3.05, 3.63) is 13.3 Å². The van der Waals surface area contributed by atoms with Crippen LogP contribution in [0.15, 0.2) is 0 Å². The summed E-state index contributed by atoms with van der Waals surface area (Å²) >= 11 is 0. The summed E-state index contributed by atoms with van der Waals surface area (Å²) in [6.45, 7) is 6.16. The van der Waals surface area contributed by atoms with Gasteiger partial charge in [0.25, 0.3) is 0 Å². The average molecular weight is 252 g/mol. The molecule has 0 spiro atoms. The van der Waals surface area contributed by atoms with Crippen LogP contribution in [0, 0.1) is 13.3 Å². The lowest BCUT2D eigenvalue weighted by molar-refractivity contribution is 0.567.